The summed E-state index contributed by atoms with van der Waals surface area (Å²) in [5.41, 5.74) is 8.09. The summed E-state index contributed by atoms with van der Waals surface area (Å²) < 4.78 is 2.07. The first-order valence-corrected chi connectivity index (χ1v) is 7.66. The third-order valence-electron chi connectivity index (χ3n) is 4.37. The van der Waals surface area contributed by atoms with Crippen molar-refractivity contribution in [3.63, 3.8) is 0 Å². The summed E-state index contributed by atoms with van der Waals surface area (Å²) in [6, 6.07) is 8.22. The second-order valence-corrected chi connectivity index (χ2v) is 5.84. The minimum atomic E-state index is 0. The van der Waals surface area contributed by atoms with Crippen LogP contribution in [0.5, 0.6) is 0 Å². The Labute approximate surface area is 148 Å². The number of nitrogens with zero attached hydrogens (tertiary/aromatic N) is 2. The molecule has 0 bridgehead atoms. The number of fused-ring (bicyclic) bond motifs is 1. The van der Waals surface area contributed by atoms with Crippen LogP contribution in [0.1, 0.15) is 25.7 Å². The molecule has 1 aliphatic rings. The predicted octanol–water partition coefficient (Wildman–Crippen LogP) is 2.51. The van der Waals surface area contributed by atoms with Crippen LogP contribution in [0.15, 0.2) is 30.6 Å². The van der Waals surface area contributed by atoms with Crippen molar-refractivity contribution in [2.45, 2.75) is 38.3 Å². The highest BCUT2D eigenvalue weighted by atomic mass is 35.5. The Bertz CT molecular complexity index is 631. The Morgan fingerprint density at radius 1 is 1.30 bits per heavy atom. The molecule has 1 aromatic heterocycles. The highest BCUT2D eigenvalue weighted by Crippen LogP contribution is 2.26. The number of carbonyl (C=O) groups excluding carboxylic acids is 1. The van der Waals surface area contributed by atoms with E-state index in [0.29, 0.717) is 18.9 Å². The molecular formula is C16H24Cl2N4O. The molecule has 0 unspecified atom stereocenters. The molecule has 1 heterocycles. The minimum absolute atomic E-state index is 0. The van der Waals surface area contributed by atoms with Crippen molar-refractivity contribution in [2.24, 2.45) is 11.7 Å². The van der Waals surface area contributed by atoms with Crippen LogP contribution >= 0.6 is 24.8 Å². The molecule has 3 rings (SSSR count). The van der Waals surface area contributed by atoms with Crippen LogP contribution in [0.3, 0.4) is 0 Å². The van der Waals surface area contributed by atoms with Crippen molar-refractivity contribution in [2.75, 3.05) is 6.54 Å². The molecular weight excluding hydrogens is 335 g/mol. The number of imidazole rings is 1. The molecule has 1 aliphatic carbocycles. The molecule has 3 N–H and O–H groups in total. The Morgan fingerprint density at radius 2 is 2.09 bits per heavy atom. The van der Waals surface area contributed by atoms with Crippen LogP contribution in [-0.4, -0.2) is 28.0 Å². The lowest BCUT2D eigenvalue weighted by atomic mass is 10.00. The van der Waals surface area contributed by atoms with Gasteiger partial charge in [-0.15, -0.1) is 24.8 Å². The van der Waals surface area contributed by atoms with Crippen molar-refractivity contribution in [3.05, 3.63) is 30.6 Å². The molecule has 2 atom stereocenters. The van der Waals surface area contributed by atoms with E-state index >= 15 is 0 Å². The van der Waals surface area contributed by atoms with Gasteiger partial charge in [-0.05, 0) is 30.9 Å². The Hall–Kier alpha value is -1.30. The second-order valence-electron chi connectivity index (χ2n) is 5.84. The van der Waals surface area contributed by atoms with Gasteiger partial charge in [-0.25, -0.2) is 4.98 Å². The zero-order valence-corrected chi connectivity index (χ0v) is 14.6. The van der Waals surface area contributed by atoms with Gasteiger partial charge < -0.3 is 15.6 Å². The van der Waals surface area contributed by atoms with E-state index in [1.165, 1.54) is 0 Å². The fraction of sp³-hybridized carbons (Fsp3) is 0.500. The number of hydrogen-bond donors (Lipinski definition) is 2. The van der Waals surface area contributed by atoms with Gasteiger partial charge in [-0.2, -0.15) is 0 Å². The van der Waals surface area contributed by atoms with Crippen LogP contribution in [0.25, 0.3) is 11.0 Å². The zero-order valence-electron chi connectivity index (χ0n) is 13.0. The highest BCUT2D eigenvalue weighted by Gasteiger charge is 2.25. The third-order valence-corrected chi connectivity index (χ3v) is 4.37. The van der Waals surface area contributed by atoms with Gasteiger partial charge in [-0.3, -0.25) is 4.79 Å². The van der Waals surface area contributed by atoms with E-state index in [1.807, 2.05) is 30.6 Å². The summed E-state index contributed by atoms with van der Waals surface area (Å²) in [4.78, 5) is 16.3. The topological polar surface area (TPSA) is 72.9 Å². The molecule has 0 spiro atoms. The monoisotopic (exact) mass is 358 g/mol. The van der Waals surface area contributed by atoms with Crippen molar-refractivity contribution in [1.29, 1.82) is 0 Å². The van der Waals surface area contributed by atoms with Crippen LogP contribution in [0, 0.1) is 5.92 Å². The van der Waals surface area contributed by atoms with Crippen molar-refractivity contribution >= 4 is 41.8 Å². The second kappa shape index (κ2) is 9.11. The quantitative estimate of drug-likeness (QED) is 0.862. The summed E-state index contributed by atoms with van der Waals surface area (Å²) in [7, 11) is 0. The van der Waals surface area contributed by atoms with E-state index in [2.05, 4.69) is 14.9 Å². The first-order chi connectivity index (χ1) is 10.2. The predicted molar refractivity (Wildman–Crippen MR) is 97.2 cm³/mol. The summed E-state index contributed by atoms with van der Waals surface area (Å²) in [6.07, 6.45) is 5.68. The molecule has 0 aliphatic heterocycles. The molecule has 1 amide bonds. The number of halogens is 2. The van der Waals surface area contributed by atoms with Gasteiger partial charge in [0.15, 0.2) is 0 Å². The van der Waals surface area contributed by atoms with Gasteiger partial charge in [-0.1, -0.05) is 18.6 Å². The average molecular weight is 359 g/mol. The number of benzene rings is 1. The van der Waals surface area contributed by atoms with Crippen molar-refractivity contribution in [1.82, 2.24) is 14.9 Å². The first kappa shape index (κ1) is 19.7. The van der Waals surface area contributed by atoms with Gasteiger partial charge in [0.05, 0.1) is 17.4 Å². The van der Waals surface area contributed by atoms with Crippen LogP contribution in [-0.2, 0) is 11.3 Å². The fourth-order valence-corrected chi connectivity index (χ4v) is 3.13. The highest BCUT2D eigenvalue weighted by molar-refractivity contribution is 5.85. The molecule has 7 heteroatoms. The Kier molecular flexibility index (Phi) is 7.82. The first-order valence-electron chi connectivity index (χ1n) is 7.66. The molecule has 0 radical (unpaired) electrons. The summed E-state index contributed by atoms with van der Waals surface area (Å²) >= 11 is 0. The molecule has 1 aromatic carbocycles. The van der Waals surface area contributed by atoms with E-state index in [4.69, 9.17) is 5.73 Å². The summed E-state index contributed by atoms with van der Waals surface area (Å²) in [6.45, 7) is 1.37. The Balaban J connectivity index is 0.00000132. The number of nitrogens with one attached hydrogen (secondary N) is 1. The molecule has 1 fully saturated rings. The normalized spacial score (nSPS) is 19.9. The number of carbonyl (C=O) groups is 1. The van der Waals surface area contributed by atoms with E-state index in [0.717, 1.165) is 36.8 Å². The van der Waals surface area contributed by atoms with E-state index in [9.17, 15) is 4.79 Å². The van der Waals surface area contributed by atoms with Gasteiger partial charge in [0.25, 0.3) is 0 Å². The Morgan fingerprint density at radius 3 is 2.83 bits per heavy atom. The number of amides is 1. The third kappa shape index (κ3) is 4.83. The maximum atomic E-state index is 11.9. The molecule has 2 aromatic rings. The van der Waals surface area contributed by atoms with Gasteiger partial charge in [0, 0.05) is 25.6 Å². The lowest BCUT2D eigenvalue weighted by Crippen LogP contribution is -2.33. The average Bonchev–Trinajstić information content (AvgIpc) is 3.07. The molecule has 5 nitrogen and oxygen atoms in total. The number of para-hydroxylation sites is 2. The number of nitrogens with two attached hydrogens (primary N) is 1. The van der Waals surface area contributed by atoms with Crippen molar-refractivity contribution in [3.8, 4) is 0 Å². The van der Waals surface area contributed by atoms with E-state index in [-0.39, 0.29) is 36.8 Å². The standard InChI is InChI=1S/C16H22N4O.2ClH/c17-13-5-3-4-12(13)10-16(21)18-8-9-20-11-19-14-6-1-2-7-15(14)20;;/h1-2,6-7,11-13H,3-5,8-10,17H2,(H,18,21);2*1H/t12-,13+;;/m0../s1. The maximum absolute atomic E-state index is 11.9. The number of aromatic nitrogens is 2. The lowest BCUT2D eigenvalue weighted by Gasteiger charge is -2.14. The largest absolute Gasteiger partial charge is 0.354 e. The van der Waals surface area contributed by atoms with Crippen LogP contribution < -0.4 is 11.1 Å². The molecule has 0 saturated heterocycles. The zero-order chi connectivity index (χ0) is 14.7. The van der Waals surface area contributed by atoms with Crippen LogP contribution in [0.2, 0.25) is 0 Å². The number of rotatable bonds is 5. The fourth-order valence-electron chi connectivity index (χ4n) is 3.13. The summed E-state index contributed by atoms with van der Waals surface area (Å²) in [5.74, 6) is 0.473. The molecule has 1 saturated carbocycles. The molecule has 128 valence electrons. The van der Waals surface area contributed by atoms with E-state index < -0.39 is 0 Å². The van der Waals surface area contributed by atoms with E-state index in [1.54, 1.807) is 0 Å². The smallest absolute Gasteiger partial charge is 0.220 e. The maximum Gasteiger partial charge on any atom is 0.220 e. The molecule has 23 heavy (non-hydrogen) atoms. The van der Waals surface area contributed by atoms with Gasteiger partial charge >= 0.3 is 0 Å². The summed E-state index contributed by atoms with van der Waals surface area (Å²) in [5, 5.41) is 2.99. The van der Waals surface area contributed by atoms with Crippen molar-refractivity contribution < 1.29 is 4.79 Å². The van der Waals surface area contributed by atoms with Gasteiger partial charge in [0.2, 0.25) is 5.91 Å². The SMILES string of the molecule is Cl.Cl.N[C@@H]1CCC[C@H]1CC(=O)NCCn1cnc2ccccc21. The van der Waals surface area contributed by atoms with Gasteiger partial charge in [0.1, 0.15) is 0 Å². The lowest BCUT2D eigenvalue weighted by molar-refractivity contribution is -0.122. The number of hydrogen-bond acceptors (Lipinski definition) is 3. The minimum Gasteiger partial charge on any atom is -0.354 e. The van der Waals surface area contributed by atoms with Crippen LogP contribution in [0.4, 0.5) is 0 Å².